The lowest BCUT2D eigenvalue weighted by molar-refractivity contribution is -0.131. The number of nitrogens with one attached hydrogen (secondary N) is 1. The van der Waals surface area contributed by atoms with Crippen LogP contribution in [0.2, 0.25) is 0 Å². The summed E-state index contributed by atoms with van der Waals surface area (Å²) in [4.78, 5) is 13.5. The second-order valence-electron chi connectivity index (χ2n) is 4.69. The highest BCUT2D eigenvalue weighted by molar-refractivity contribution is 5.75. The molecule has 16 heavy (non-hydrogen) atoms. The van der Waals surface area contributed by atoms with Crippen molar-refractivity contribution in [3.05, 3.63) is 0 Å². The van der Waals surface area contributed by atoms with Crippen LogP contribution in [0.5, 0.6) is 0 Å². The summed E-state index contributed by atoms with van der Waals surface area (Å²) >= 11 is 0. The van der Waals surface area contributed by atoms with E-state index in [1.54, 1.807) is 0 Å². The van der Waals surface area contributed by atoms with Crippen LogP contribution in [0.4, 0.5) is 0 Å². The molecule has 1 amide bonds. The summed E-state index contributed by atoms with van der Waals surface area (Å²) in [6.07, 6.45) is 5.27. The van der Waals surface area contributed by atoms with Gasteiger partial charge in [0, 0.05) is 31.6 Å². The van der Waals surface area contributed by atoms with Crippen LogP contribution >= 0.6 is 0 Å². The first kappa shape index (κ1) is 13.5. The zero-order valence-electron chi connectivity index (χ0n) is 11.0. The smallest absolute Gasteiger partial charge is 0.222 e. The molecule has 0 aromatic rings. The van der Waals surface area contributed by atoms with E-state index in [9.17, 15) is 4.79 Å². The second-order valence-corrected chi connectivity index (χ2v) is 4.69. The van der Waals surface area contributed by atoms with E-state index in [2.05, 4.69) is 19.2 Å². The van der Waals surface area contributed by atoms with Gasteiger partial charge in [0.05, 0.1) is 0 Å². The molecule has 0 atom stereocenters. The average Bonchev–Trinajstić information content (AvgIpc) is 2.35. The Balaban J connectivity index is 2.29. The minimum atomic E-state index is 0.306. The fourth-order valence-electron chi connectivity index (χ4n) is 2.38. The van der Waals surface area contributed by atoms with Gasteiger partial charge in [-0.25, -0.2) is 0 Å². The van der Waals surface area contributed by atoms with Crippen molar-refractivity contribution < 1.29 is 4.79 Å². The maximum atomic E-state index is 11.5. The number of carbonyl (C=O) groups is 1. The van der Waals surface area contributed by atoms with Crippen LogP contribution in [-0.4, -0.2) is 36.0 Å². The minimum Gasteiger partial charge on any atom is -0.343 e. The van der Waals surface area contributed by atoms with Crippen LogP contribution in [0.3, 0.4) is 0 Å². The lowest BCUT2D eigenvalue weighted by Crippen LogP contribution is -2.47. The highest BCUT2D eigenvalue weighted by Crippen LogP contribution is 2.13. The SMILES string of the molecule is CCC(=O)N1CCC(NC(CC)CC)CC1. The third kappa shape index (κ3) is 3.78. The molecule has 0 aliphatic carbocycles. The van der Waals surface area contributed by atoms with Gasteiger partial charge in [0.15, 0.2) is 0 Å². The van der Waals surface area contributed by atoms with E-state index < -0.39 is 0 Å². The standard InChI is InChI=1S/C13H26N2O/c1-4-11(5-2)14-12-7-9-15(10-8-12)13(16)6-3/h11-12,14H,4-10H2,1-3H3. The molecule has 1 saturated heterocycles. The first-order valence-corrected chi connectivity index (χ1v) is 6.75. The largest absolute Gasteiger partial charge is 0.343 e. The van der Waals surface area contributed by atoms with E-state index in [1.807, 2.05) is 11.8 Å². The maximum absolute atomic E-state index is 11.5. The molecule has 1 N–H and O–H groups in total. The zero-order chi connectivity index (χ0) is 12.0. The minimum absolute atomic E-state index is 0.306. The lowest BCUT2D eigenvalue weighted by Gasteiger charge is -2.34. The fraction of sp³-hybridized carbons (Fsp3) is 0.923. The van der Waals surface area contributed by atoms with Crippen LogP contribution in [0, 0.1) is 0 Å². The van der Waals surface area contributed by atoms with Crippen LogP contribution in [0.25, 0.3) is 0 Å². The van der Waals surface area contributed by atoms with Gasteiger partial charge in [-0.05, 0) is 25.7 Å². The van der Waals surface area contributed by atoms with Crippen LogP contribution in [0.1, 0.15) is 52.9 Å². The van der Waals surface area contributed by atoms with Crippen molar-refractivity contribution in [2.75, 3.05) is 13.1 Å². The predicted octanol–water partition coefficient (Wildman–Crippen LogP) is 2.17. The normalized spacial score (nSPS) is 18.1. The molecule has 0 bridgehead atoms. The summed E-state index contributed by atoms with van der Waals surface area (Å²) in [5, 5.41) is 3.69. The number of carbonyl (C=O) groups excluding carboxylic acids is 1. The number of nitrogens with zero attached hydrogens (tertiary/aromatic N) is 1. The molecule has 3 nitrogen and oxygen atoms in total. The molecule has 3 heteroatoms. The van der Waals surface area contributed by atoms with Gasteiger partial charge >= 0.3 is 0 Å². The van der Waals surface area contributed by atoms with Gasteiger partial charge in [0.2, 0.25) is 5.91 Å². The Morgan fingerprint density at radius 1 is 1.25 bits per heavy atom. The van der Waals surface area contributed by atoms with Crippen molar-refractivity contribution in [2.24, 2.45) is 0 Å². The number of piperidine rings is 1. The Labute approximate surface area is 99.6 Å². The molecule has 1 rings (SSSR count). The first-order chi connectivity index (χ1) is 7.71. The van der Waals surface area contributed by atoms with Crippen molar-refractivity contribution in [1.29, 1.82) is 0 Å². The summed E-state index contributed by atoms with van der Waals surface area (Å²) in [6, 6.07) is 1.27. The molecule has 94 valence electrons. The fourth-order valence-corrected chi connectivity index (χ4v) is 2.38. The highest BCUT2D eigenvalue weighted by atomic mass is 16.2. The molecule has 1 aliphatic heterocycles. The molecule has 1 aliphatic rings. The third-order valence-corrected chi connectivity index (χ3v) is 3.61. The van der Waals surface area contributed by atoms with E-state index in [0.717, 1.165) is 25.9 Å². The van der Waals surface area contributed by atoms with Crippen molar-refractivity contribution in [2.45, 2.75) is 65.0 Å². The molecule has 0 unspecified atom stereocenters. The molecular weight excluding hydrogens is 200 g/mol. The van der Waals surface area contributed by atoms with Crippen LogP contribution in [-0.2, 0) is 4.79 Å². The van der Waals surface area contributed by atoms with Crippen LogP contribution < -0.4 is 5.32 Å². The lowest BCUT2D eigenvalue weighted by atomic mass is 10.0. The molecule has 0 aromatic carbocycles. The Morgan fingerprint density at radius 3 is 2.25 bits per heavy atom. The summed E-state index contributed by atoms with van der Waals surface area (Å²) in [7, 11) is 0. The quantitative estimate of drug-likeness (QED) is 0.779. The van der Waals surface area contributed by atoms with Crippen molar-refractivity contribution in [3.8, 4) is 0 Å². The molecule has 0 aromatic heterocycles. The van der Waals surface area contributed by atoms with Crippen molar-refractivity contribution >= 4 is 5.91 Å². The Morgan fingerprint density at radius 2 is 1.81 bits per heavy atom. The molecule has 1 fully saturated rings. The molecular formula is C13H26N2O. The van der Waals surface area contributed by atoms with E-state index in [0.29, 0.717) is 24.4 Å². The zero-order valence-corrected chi connectivity index (χ0v) is 11.0. The van der Waals surface area contributed by atoms with Gasteiger partial charge in [-0.2, -0.15) is 0 Å². The van der Waals surface area contributed by atoms with Gasteiger partial charge in [-0.15, -0.1) is 0 Å². The van der Waals surface area contributed by atoms with Gasteiger partial charge in [0.1, 0.15) is 0 Å². The predicted molar refractivity (Wildman–Crippen MR) is 67.4 cm³/mol. The Hall–Kier alpha value is -0.570. The number of hydrogen-bond acceptors (Lipinski definition) is 2. The van der Waals surface area contributed by atoms with Gasteiger partial charge < -0.3 is 10.2 Å². The number of likely N-dealkylation sites (tertiary alicyclic amines) is 1. The number of rotatable bonds is 5. The molecule has 0 saturated carbocycles. The maximum Gasteiger partial charge on any atom is 0.222 e. The summed E-state index contributed by atoms with van der Waals surface area (Å²) in [6.45, 7) is 8.28. The summed E-state index contributed by atoms with van der Waals surface area (Å²) < 4.78 is 0. The van der Waals surface area contributed by atoms with E-state index >= 15 is 0 Å². The highest BCUT2D eigenvalue weighted by Gasteiger charge is 2.22. The number of hydrogen-bond donors (Lipinski definition) is 1. The molecule has 0 spiro atoms. The summed E-state index contributed by atoms with van der Waals surface area (Å²) in [5.74, 6) is 0.306. The number of amides is 1. The molecule has 0 radical (unpaired) electrons. The topological polar surface area (TPSA) is 32.3 Å². The van der Waals surface area contributed by atoms with Gasteiger partial charge in [-0.1, -0.05) is 20.8 Å². The van der Waals surface area contributed by atoms with Gasteiger partial charge in [0.25, 0.3) is 0 Å². The van der Waals surface area contributed by atoms with Crippen molar-refractivity contribution in [3.63, 3.8) is 0 Å². The van der Waals surface area contributed by atoms with Gasteiger partial charge in [-0.3, -0.25) is 4.79 Å². The first-order valence-electron chi connectivity index (χ1n) is 6.75. The van der Waals surface area contributed by atoms with E-state index in [4.69, 9.17) is 0 Å². The third-order valence-electron chi connectivity index (χ3n) is 3.61. The second kappa shape index (κ2) is 6.89. The monoisotopic (exact) mass is 226 g/mol. The Bertz CT molecular complexity index is 206. The Kier molecular flexibility index (Phi) is 5.81. The van der Waals surface area contributed by atoms with E-state index in [-0.39, 0.29) is 0 Å². The van der Waals surface area contributed by atoms with Crippen molar-refractivity contribution in [1.82, 2.24) is 10.2 Å². The van der Waals surface area contributed by atoms with E-state index in [1.165, 1.54) is 12.8 Å². The summed E-state index contributed by atoms with van der Waals surface area (Å²) in [5.41, 5.74) is 0. The molecule has 1 heterocycles. The average molecular weight is 226 g/mol. The van der Waals surface area contributed by atoms with Crippen LogP contribution in [0.15, 0.2) is 0 Å².